The monoisotopic (exact) mass is 378 g/mol. The molecule has 0 spiro atoms. The molecular formula is C21H28F2N2O2. The maximum atomic E-state index is 13.8. The number of rotatable bonds is 3. The molecule has 1 amide bonds. The largest absolute Gasteiger partial charge is 0.487 e. The number of nitrogens with two attached hydrogens (primary N) is 1. The third-order valence-electron chi connectivity index (χ3n) is 6.70. The van der Waals surface area contributed by atoms with E-state index >= 15 is 0 Å². The molecule has 4 rings (SSSR count). The van der Waals surface area contributed by atoms with Crippen LogP contribution in [-0.4, -0.2) is 36.0 Å². The average molecular weight is 378 g/mol. The Labute approximate surface area is 159 Å². The Hall–Kier alpha value is -1.69. The minimum atomic E-state index is -0.682. The van der Waals surface area contributed by atoms with Crippen molar-refractivity contribution in [1.29, 1.82) is 0 Å². The van der Waals surface area contributed by atoms with Gasteiger partial charge in [-0.25, -0.2) is 8.78 Å². The van der Waals surface area contributed by atoms with Gasteiger partial charge in [-0.15, -0.1) is 0 Å². The summed E-state index contributed by atoms with van der Waals surface area (Å²) in [6.45, 7) is 1.26. The van der Waals surface area contributed by atoms with E-state index in [1.807, 2.05) is 4.90 Å². The van der Waals surface area contributed by atoms with Crippen LogP contribution in [0.25, 0.3) is 0 Å². The van der Waals surface area contributed by atoms with E-state index in [-0.39, 0.29) is 29.7 Å². The molecule has 6 heteroatoms. The number of piperidine rings is 1. The zero-order valence-electron chi connectivity index (χ0n) is 15.6. The van der Waals surface area contributed by atoms with Crippen LogP contribution < -0.4 is 10.5 Å². The van der Waals surface area contributed by atoms with E-state index in [4.69, 9.17) is 10.5 Å². The number of fused-ring (bicyclic) bond motifs is 2. The van der Waals surface area contributed by atoms with Gasteiger partial charge in [-0.2, -0.15) is 0 Å². The van der Waals surface area contributed by atoms with Gasteiger partial charge in [-0.05, 0) is 49.7 Å². The third kappa shape index (κ3) is 3.96. The summed E-state index contributed by atoms with van der Waals surface area (Å²) in [5.41, 5.74) is 6.34. The molecule has 2 N–H and O–H groups in total. The zero-order chi connectivity index (χ0) is 19.0. The summed E-state index contributed by atoms with van der Waals surface area (Å²) in [5.74, 6) is 0.131. The van der Waals surface area contributed by atoms with Gasteiger partial charge in [0.1, 0.15) is 11.9 Å². The van der Waals surface area contributed by atoms with Gasteiger partial charge >= 0.3 is 0 Å². The standard InChI is InChI=1S/C21H28F2N2O2/c22-16-4-5-19(18(23)12-16)27-17-6-8-25(9-7-17)21(26)15-10-13-2-1-3-14(11-15)20(13)24/h4-5,12-15,17,20H,1-3,6-11,24H2. The quantitative estimate of drug-likeness (QED) is 0.876. The first-order chi connectivity index (χ1) is 13.0. The molecule has 1 saturated heterocycles. The van der Waals surface area contributed by atoms with E-state index < -0.39 is 11.6 Å². The summed E-state index contributed by atoms with van der Waals surface area (Å²) >= 11 is 0. The Bertz CT molecular complexity index is 677. The Kier molecular flexibility index (Phi) is 5.35. The normalized spacial score (nSPS) is 31.6. The van der Waals surface area contributed by atoms with E-state index in [9.17, 15) is 13.6 Å². The lowest BCUT2D eigenvalue weighted by atomic mass is 9.65. The van der Waals surface area contributed by atoms with E-state index in [1.54, 1.807) is 0 Å². The van der Waals surface area contributed by atoms with Crippen LogP contribution in [-0.2, 0) is 4.79 Å². The number of hydrogen-bond donors (Lipinski definition) is 1. The Morgan fingerprint density at radius 1 is 1.07 bits per heavy atom. The first kappa shape index (κ1) is 18.7. The number of nitrogens with zero attached hydrogens (tertiary/aromatic N) is 1. The first-order valence-corrected chi connectivity index (χ1v) is 10.2. The molecule has 2 atom stereocenters. The molecule has 2 unspecified atom stereocenters. The van der Waals surface area contributed by atoms with Gasteiger partial charge in [0.2, 0.25) is 5.91 Å². The van der Waals surface area contributed by atoms with E-state index in [1.165, 1.54) is 18.6 Å². The lowest BCUT2D eigenvalue weighted by Gasteiger charge is -2.45. The van der Waals surface area contributed by atoms with Crippen LogP contribution in [0.2, 0.25) is 0 Å². The summed E-state index contributed by atoms with van der Waals surface area (Å²) in [5, 5.41) is 0. The highest BCUT2D eigenvalue weighted by Crippen LogP contribution is 2.42. The zero-order valence-corrected chi connectivity index (χ0v) is 15.6. The van der Waals surface area contributed by atoms with Crippen LogP contribution in [0.5, 0.6) is 5.75 Å². The number of amides is 1. The maximum Gasteiger partial charge on any atom is 0.225 e. The predicted octanol–water partition coefficient (Wildman–Crippen LogP) is 3.49. The van der Waals surface area contributed by atoms with E-state index in [2.05, 4.69) is 0 Å². The van der Waals surface area contributed by atoms with Crippen molar-refractivity contribution in [2.24, 2.45) is 23.5 Å². The molecule has 1 aromatic rings. The fourth-order valence-corrected chi connectivity index (χ4v) is 5.19. The van der Waals surface area contributed by atoms with Gasteiger partial charge in [0.25, 0.3) is 0 Å². The average Bonchev–Trinajstić information content (AvgIpc) is 2.64. The van der Waals surface area contributed by atoms with Crippen molar-refractivity contribution in [2.45, 2.75) is 57.1 Å². The van der Waals surface area contributed by atoms with Crippen molar-refractivity contribution in [2.75, 3.05) is 13.1 Å². The molecule has 1 aliphatic heterocycles. The third-order valence-corrected chi connectivity index (χ3v) is 6.70. The SMILES string of the molecule is NC1C2CCCC1CC(C(=O)N1CCC(Oc3ccc(F)cc3F)CC1)C2. The molecule has 2 saturated carbocycles. The van der Waals surface area contributed by atoms with Crippen LogP contribution in [0.15, 0.2) is 18.2 Å². The number of carbonyl (C=O) groups excluding carboxylic acids is 1. The van der Waals surface area contributed by atoms with Crippen molar-refractivity contribution in [1.82, 2.24) is 4.90 Å². The van der Waals surface area contributed by atoms with Gasteiger partial charge in [0.15, 0.2) is 11.6 Å². The minimum absolute atomic E-state index is 0.0790. The smallest absolute Gasteiger partial charge is 0.225 e. The lowest BCUT2D eigenvalue weighted by molar-refractivity contribution is -0.140. The van der Waals surface area contributed by atoms with Gasteiger partial charge in [0.05, 0.1) is 0 Å². The van der Waals surface area contributed by atoms with Crippen molar-refractivity contribution < 1.29 is 18.3 Å². The fraction of sp³-hybridized carbons (Fsp3) is 0.667. The summed E-state index contributed by atoms with van der Waals surface area (Å²) < 4.78 is 32.5. The van der Waals surface area contributed by atoms with Gasteiger partial charge in [0, 0.05) is 44.0 Å². The van der Waals surface area contributed by atoms with Gasteiger partial charge in [-0.3, -0.25) is 4.79 Å². The number of hydrogen-bond acceptors (Lipinski definition) is 3. The Morgan fingerprint density at radius 2 is 1.74 bits per heavy atom. The highest BCUT2D eigenvalue weighted by atomic mass is 19.1. The molecule has 2 aliphatic carbocycles. The number of likely N-dealkylation sites (tertiary alicyclic amines) is 1. The van der Waals surface area contributed by atoms with Crippen LogP contribution in [0.3, 0.4) is 0 Å². The van der Waals surface area contributed by atoms with Crippen molar-refractivity contribution in [3.05, 3.63) is 29.8 Å². The van der Waals surface area contributed by atoms with Gasteiger partial charge in [-0.1, -0.05) is 6.42 Å². The summed E-state index contributed by atoms with van der Waals surface area (Å²) in [7, 11) is 0. The van der Waals surface area contributed by atoms with E-state index in [0.29, 0.717) is 37.8 Å². The molecule has 4 nitrogen and oxygen atoms in total. The molecule has 1 heterocycles. The highest BCUT2D eigenvalue weighted by molar-refractivity contribution is 5.79. The number of carbonyl (C=O) groups is 1. The summed E-state index contributed by atoms with van der Waals surface area (Å²) in [4.78, 5) is 14.9. The van der Waals surface area contributed by atoms with Crippen LogP contribution in [0, 0.1) is 29.4 Å². The molecule has 1 aromatic carbocycles. The predicted molar refractivity (Wildman–Crippen MR) is 98.1 cm³/mol. The summed E-state index contributed by atoms with van der Waals surface area (Å²) in [6.07, 6.45) is 6.59. The van der Waals surface area contributed by atoms with Crippen molar-refractivity contribution >= 4 is 5.91 Å². The minimum Gasteiger partial charge on any atom is -0.487 e. The second kappa shape index (κ2) is 7.74. The topological polar surface area (TPSA) is 55.6 Å². The van der Waals surface area contributed by atoms with Crippen LogP contribution in [0.1, 0.15) is 44.9 Å². The highest BCUT2D eigenvalue weighted by Gasteiger charge is 2.42. The fourth-order valence-electron chi connectivity index (χ4n) is 5.19. The molecule has 3 fully saturated rings. The van der Waals surface area contributed by atoms with Crippen LogP contribution in [0.4, 0.5) is 8.78 Å². The second-order valence-corrected chi connectivity index (χ2v) is 8.41. The van der Waals surface area contributed by atoms with E-state index in [0.717, 1.165) is 31.7 Å². The maximum absolute atomic E-state index is 13.8. The molecule has 2 bridgehead atoms. The molecule has 3 aliphatic rings. The van der Waals surface area contributed by atoms with Crippen molar-refractivity contribution in [3.63, 3.8) is 0 Å². The molecular weight excluding hydrogens is 350 g/mol. The molecule has 27 heavy (non-hydrogen) atoms. The van der Waals surface area contributed by atoms with Crippen LogP contribution >= 0.6 is 0 Å². The Balaban J connectivity index is 1.30. The number of halogens is 2. The second-order valence-electron chi connectivity index (χ2n) is 8.41. The van der Waals surface area contributed by atoms with Crippen molar-refractivity contribution in [3.8, 4) is 5.75 Å². The van der Waals surface area contributed by atoms with Gasteiger partial charge < -0.3 is 15.4 Å². The number of ether oxygens (including phenoxy) is 1. The number of benzene rings is 1. The molecule has 148 valence electrons. The Morgan fingerprint density at radius 3 is 2.37 bits per heavy atom. The summed E-state index contributed by atoms with van der Waals surface area (Å²) in [6, 6.07) is 3.62. The lowest BCUT2D eigenvalue weighted by Crippen LogP contribution is -2.51. The first-order valence-electron chi connectivity index (χ1n) is 10.2. The molecule has 0 radical (unpaired) electrons. The molecule has 0 aromatic heterocycles.